The number of benzene rings is 2. The zero-order valence-electron chi connectivity index (χ0n) is 18.8. The first-order valence-electron chi connectivity index (χ1n) is 11.2. The largest absolute Gasteiger partial charge is 0.340 e. The maximum absolute atomic E-state index is 14.3. The lowest BCUT2D eigenvalue weighted by molar-refractivity contribution is -0.121. The predicted octanol–water partition coefficient (Wildman–Crippen LogP) is 4.88. The zero-order valence-corrected chi connectivity index (χ0v) is 18.8. The van der Waals surface area contributed by atoms with Crippen LogP contribution in [0.25, 0.3) is 0 Å². The van der Waals surface area contributed by atoms with Gasteiger partial charge in [0.15, 0.2) is 0 Å². The maximum atomic E-state index is 14.3. The highest BCUT2D eigenvalue weighted by Crippen LogP contribution is 2.26. The average Bonchev–Trinajstić information content (AvgIpc) is 2.80. The van der Waals surface area contributed by atoms with Crippen LogP contribution in [0.3, 0.4) is 0 Å². The van der Waals surface area contributed by atoms with Crippen LogP contribution < -0.4 is 16.0 Å². The lowest BCUT2D eigenvalue weighted by Crippen LogP contribution is -2.47. The lowest BCUT2D eigenvalue weighted by Gasteiger charge is -2.22. The number of carbonyl (C=O) groups excluding carboxylic acids is 3. The summed E-state index contributed by atoms with van der Waals surface area (Å²) in [5, 5.41) is 7.97. The average molecular weight is 458 g/mol. The SMILES string of the molecule is CC(C)C(NC(=O)c1ccc(F)cc1)C(=O)Nc1ccc(F)c(NC(=O)C2CCCCC2)c1. The fourth-order valence-electron chi connectivity index (χ4n) is 3.88. The smallest absolute Gasteiger partial charge is 0.251 e. The third kappa shape index (κ3) is 6.60. The molecule has 0 aromatic heterocycles. The van der Waals surface area contributed by atoms with Gasteiger partial charge in [0.2, 0.25) is 11.8 Å². The molecule has 1 aliphatic carbocycles. The van der Waals surface area contributed by atoms with E-state index >= 15 is 0 Å². The van der Waals surface area contributed by atoms with Gasteiger partial charge in [-0.1, -0.05) is 33.1 Å². The highest BCUT2D eigenvalue weighted by molar-refractivity contribution is 6.01. The predicted molar refractivity (Wildman–Crippen MR) is 123 cm³/mol. The van der Waals surface area contributed by atoms with E-state index in [0.29, 0.717) is 5.69 Å². The van der Waals surface area contributed by atoms with Gasteiger partial charge in [-0.05, 0) is 61.2 Å². The Kier molecular flexibility index (Phi) is 8.14. The Hall–Kier alpha value is -3.29. The highest BCUT2D eigenvalue weighted by atomic mass is 19.1. The van der Waals surface area contributed by atoms with Gasteiger partial charge in [-0.2, -0.15) is 0 Å². The quantitative estimate of drug-likeness (QED) is 0.554. The summed E-state index contributed by atoms with van der Waals surface area (Å²) in [7, 11) is 0. The van der Waals surface area contributed by atoms with Crippen molar-refractivity contribution >= 4 is 29.1 Å². The van der Waals surface area contributed by atoms with Crippen molar-refractivity contribution in [3.8, 4) is 0 Å². The first-order chi connectivity index (χ1) is 15.7. The summed E-state index contributed by atoms with van der Waals surface area (Å²) >= 11 is 0. The van der Waals surface area contributed by atoms with Gasteiger partial charge in [-0.25, -0.2) is 8.78 Å². The molecule has 3 rings (SSSR count). The normalized spacial score (nSPS) is 15.1. The molecule has 1 unspecified atom stereocenters. The van der Waals surface area contributed by atoms with Crippen LogP contribution in [0.5, 0.6) is 0 Å². The van der Waals surface area contributed by atoms with E-state index in [9.17, 15) is 23.2 Å². The van der Waals surface area contributed by atoms with Gasteiger partial charge >= 0.3 is 0 Å². The van der Waals surface area contributed by atoms with Crippen molar-refractivity contribution in [2.45, 2.75) is 52.0 Å². The molecular formula is C25H29F2N3O3. The molecule has 0 spiro atoms. The first kappa shape index (κ1) is 24.4. The number of hydrogen-bond acceptors (Lipinski definition) is 3. The summed E-state index contributed by atoms with van der Waals surface area (Å²) in [6.45, 7) is 3.55. The molecule has 1 fully saturated rings. The van der Waals surface area contributed by atoms with Gasteiger partial charge in [-0.15, -0.1) is 0 Å². The monoisotopic (exact) mass is 457 g/mol. The van der Waals surface area contributed by atoms with Crippen molar-refractivity contribution in [1.82, 2.24) is 5.32 Å². The molecule has 8 heteroatoms. The lowest BCUT2D eigenvalue weighted by atomic mass is 9.88. The first-order valence-corrected chi connectivity index (χ1v) is 11.2. The minimum absolute atomic E-state index is 0.000168. The zero-order chi connectivity index (χ0) is 24.0. The summed E-state index contributed by atoms with van der Waals surface area (Å²) in [6, 6.07) is 8.06. The second-order valence-electron chi connectivity index (χ2n) is 8.71. The molecule has 2 aromatic rings. The minimum Gasteiger partial charge on any atom is -0.340 e. The minimum atomic E-state index is -0.882. The van der Waals surface area contributed by atoms with Gasteiger partial charge in [0.05, 0.1) is 5.69 Å². The van der Waals surface area contributed by atoms with Crippen molar-refractivity contribution in [3.63, 3.8) is 0 Å². The number of amides is 3. The molecule has 0 radical (unpaired) electrons. The molecule has 176 valence electrons. The van der Waals surface area contributed by atoms with Crippen molar-refractivity contribution < 1.29 is 23.2 Å². The van der Waals surface area contributed by atoms with Crippen LogP contribution in [0.1, 0.15) is 56.3 Å². The molecular weight excluding hydrogens is 428 g/mol. The second kappa shape index (κ2) is 11.0. The molecule has 0 saturated heterocycles. The topological polar surface area (TPSA) is 87.3 Å². The number of rotatable bonds is 7. The van der Waals surface area contributed by atoms with E-state index in [0.717, 1.165) is 32.1 Å². The molecule has 0 aliphatic heterocycles. The molecule has 0 bridgehead atoms. The molecule has 3 N–H and O–H groups in total. The second-order valence-corrected chi connectivity index (χ2v) is 8.71. The van der Waals surface area contributed by atoms with Crippen molar-refractivity contribution in [1.29, 1.82) is 0 Å². The Labute approximate surface area is 192 Å². The van der Waals surface area contributed by atoms with Crippen LogP contribution in [-0.2, 0) is 9.59 Å². The summed E-state index contributed by atoms with van der Waals surface area (Å²) in [5.74, 6) is -2.66. The number of nitrogens with one attached hydrogen (secondary N) is 3. The summed E-state index contributed by atoms with van der Waals surface area (Å²) in [5.41, 5.74) is 0.520. The van der Waals surface area contributed by atoms with Crippen LogP contribution in [-0.4, -0.2) is 23.8 Å². The number of anilines is 2. The van der Waals surface area contributed by atoms with Gasteiger partial charge in [0.1, 0.15) is 17.7 Å². The Morgan fingerprint density at radius 1 is 0.909 bits per heavy atom. The third-order valence-corrected chi connectivity index (χ3v) is 5.81. The van der Waals surface area contributed by atoms with Crippen LogP contribution in [0.4, 0.5) is 20.2 Å². The molecule has 33 heavy (non-hydrogen) atoms. The summed E-state index contributed by atoms with van der Waals surface area (Å²) in [6.07, 6.45) is 4.64. The van der Waals surface area contributed by atoms with Crippen molar-refractivity contribution in [2.24, 2.45) is 11.8 Å². The molecule has 1 saturated carbocycles. The number of carbonyl (C=O) groups is 3. The van der Waals surface area contributed by atoms with Crippen molar-refractivity contribution in [2.75, 3.05) is 10.6 Å². The van der Waals surface area contributed by atoms with E-state index in [1.165, 1.54) is 42.5 Å². The molecule has 2 aromatic carbocycles. The fraction of sp³-hybridized carbons (Fsp3) is 0.400. The number of hydrogen-bond donors (Lipinski definition) is 3. The molecule has 1 aliphatic rings. The van der Waals surface area contributed by atoms with Crippen LogP contribution in [0.2, 0.25) is 0 Å². The van der Waals surface area contributed by atoms with Crippen molar-refractivity contribution in [3.05, 3.63) is 59.7 Å². The van der Waals surface area contributed by atoms with Crippen LogP contribution >= 0.6 is 0 Å². The molecule has 1 atom stereocenters. The Morgan fingerprint density at radius 3 is 2.21 bits per heavy atom. The van der Waals surface area contributed by atoms with E-state index in [1.807, 2.05) is 0 Å². The number of halogens is 2. The Morgan fingerprint density at radius 2 is 1.58 bits per heavy atom. The molecule has 0 heterocycles. The van der Waals surface area contributed by atoms with E-state index in [4.69, 9.17) is 0 Å². The fourth-order valence-corrected chi connectivity index (χ4v) is 3.88. The van der Waals surface area contributed by atoms with E-state index in [2.05, 4.69) is 16.0 Å². The summed E-state index contributed by atoms with van der Waals surface area (Å²) < 4.78 is 27.4. The maximum Gasteiger partial charge on any atom is 0.251 e. The standard InChI is InChI=1S/C25H29F2N3O3/c1-15(2)22(30-24(32)17-8-10-18(26)11-9-17)25(33)28-19-12-13-20(27)21(14-19)29-23(31)16-6-4-3-5-7-16/h8-16,22H,3-7H2,1-2H3,(H,28,33)(H,29,31)(H,30,32). The van der Waals surface area contributed by atoms with Gasteiger partial charge in [-0.3, -0.25) is 14.4 Å². The Bertz CT molecular complexity index is 1000. The highest BCUT2D eigenvalue weighted by Gasteiger charge is 2.26. The van der Waals surface area contributed by atoms with Gasteiger partial charge in [0, 0.05) is 17.2 Å². The third-order valence-electron chi connectivity index (χ3n) is 5.81. The van der Waals surface area contributed by atoms with Gasteiger partial charge in [0.25, 0.3) is 5.91 Å². The van der Waals surface area contributed by atoms with Crippen LogP contribution in [0, 0.1) is 23.5 Å². The van der Waals surface area contributed by atoms with E-state index in [-0.39, 0.29) is 29.0 Å². The Balaban J connectivity index is 1.67. The van der Waals surface area contributed by atoms with Crippen LogP contribution in [0.15, 0.2) is 42.5 Å². The van der Waals surface area contributed by atoms with Gasteiger partial charge < -0.3 is 16.0 Å². The summed E-state index contributed by atoms with van der Waals surface area (Å²) in [4.78, 5) is 37.9. The van der Waals surface area contributed by atoms with E-state index < -0.39 is 29.5 Å². The van der Waals surface area contributed by atoms with E-state index in [1.54, 1.807) is 13.8 Å². The molecule has 3 amide bonds. The molecule has 6 nitrogen and oxygen atoms in total.